The highest BCUT2D eigenvalue weighted by atomic mass is 16.5. The van der Waals surface area contributed by atoms with E-state index in [0.29, 0.717) is 5.75 Å². The van der Waals surface area contributed by atoms with Crippen molar-refractivity contribution in [1.29, 1.82) is 0 Å². The van der Waals surface area contributed by atoms with Gasteiger partial charge in [-0.05, 0) is 49.4 Å². The van der Waals surface area contributed by atoms with Crippen LogP contribution in [0.4, 0.5) is 0 Å². The Morgan fingerprint density at radius 2 is 2.08 bits per heavy atom. The molecule has 1 aliphatic rings. The van der Waals surface area contributed by atoms with Crippen molar-refractivity contribution < 1.29 is 9.84 Å². The quantitative estimate of drug-likeness (QED) is 0.660. The Hall–Kier alpha value is -1.18. The van der Waals surface area contributed by atoms with Gasteiger partial charge in [0.1, 0.15) is 11.5 Å². The molecular weight excluding hydrogens is 164 g/mol. The van der Waals surface area contributed by atoms with Crippen molar-refractivity contribution in [2.75, 3.05) is 6.61 Å². The molecule has 2 nitrogen and oxygen atoms in total. The van der Waals surface area contributed by atoms with Crippen LogP contribution in [-0.4, -0.2) is 11.7 Å². The van der Waals surface area contributed by atoms with Crippen LogP contribution < -0.4 is 4.74 Å². The van der Waals surface area contributed by atoms with E-state index in [-0.39, 0.29) is 0 Å². The van der Waals surface area contributed by atoms with Gasteiger partial charge >= 0.3 is 0 Å². The zero-order chi connectivity index (χ0) is 9.42. The SMILES string of the molecule is Cc1c(O)cc2c(c1C)OCCC2. The maximum atomic E-state index is 9.60. The Balaban J connectivity index is 2.60. The zero-order valence-electron chi connectivity index (χ0n) is 8.05. The Bertz CT molecular complexity index is 342. The van der Waals surface area contributed by atoms with Gasteiger partial charge in [0.05, 0.1) is 6.61 Å². The van der Waals surface area contributed by atoms with Crippen molar-refractivity contribution in [2.24, 2.45) is 0 Å². The van der Waals surface area contributed by atoms with E-state index in [1.807, 2.05) is 19.9 Å². The molecule has 1 aliphatic heterocycles. The molecule has 1 aromatic rings. The van der Waals surface area contributed by atoms with Crippen LogP contribution in [0.2, 0.25) is 0 Å². The normalized spacial score (nSPS) is 14.9. The summed E-state index contributed by atoms with van der Waals surface area (Å²) in [5, 5.41) is 9.60. The monoisotopic (exact) mass is 178 g/mol. The summed E-state index contributed by atoms with van der Waals surface area (Å²) in [6.45, 7) is 4.72. The number of phenols is 1. The molecule has 0 atom stereocenters. The molecule has 0 amide bonds. The predicted octanol–water partition coefficient (Wildman–Crippen LogP) is 2.33. The van der Waals surface area contributed by atoms with E-state index >= 15 is 0 Å². The lowest BCUT2D eigenvalue weighted by atomic mass is 9.98. The lowest BCUT2D eigenvalue weighted by molar-refractivity contribution is 0.285. The summed E-state index contributed by atoms with van der Waals surface area (Å²) in [4.78, 5) is 0. The molecule has 0 fully saturated rings. The average Bonchev–Trinajstić information content (AvgIpc) is 2.15. The average molecular weight is 178 g/mol. The number of fused-ring (bicyclic) bond motifs is 1. The van der Waals surface area contributed by atoms with Gasteiger partial charge in [-0.1, -0.05) is 0 Å². The molecule has 13 heavy (non-hydrogen) atoms. The van der Waals surface area contributed by atoms with E-state index in [9.17, 15) is 5.11 Å². The summed E-state index contributed by atoms with van der Waals surface area (Å²) in [5.74, 6) is 1.38. The number of benzene rings is 1. The fourth-order valence-electron chi connectivity index (χ4n) is 1.77. The first kappa shape index (κ1) is 8.42. The van der Waals surface area contributed by atoms with Gasteiger partial charge in [0.2, 0.25) is 0 Å². The first-order valence-electron chi connectivity index (χ1n) is 4.65. The van der Waals surface area contributed by atoms with Crippen LogP contribution in [0.1, 0.15) is 23.1 Å². The molecule has 70 valence electrons. The highest BCUT2D eigenvalue weighted by Gasteiger charge is 2.16. The second kappa shape index (κ2) is 2.95. The lowest BCUT2D eigenvalue weighted by Crippen LogP contribution is -2.10. The summed E-state index contributed by atoms with van der Waals surface area (Å²) in [7, 11) is 0. The van der Waals surface area contributed by atoms with Crippen molar-refractivity contribution in [2.45, 2.75) is 26.7 Å². The van der Waals surface area contributed by atoms with E-state index in [2.05, 4.69) is 0 Å². The number of rotatable bonds is 0. The molecule has 0 saturated carbocycles. The summed E-state index contributed by atoms with van der Waals surface area (Å²) in [5.41, 5.74) is 3.15. The van der Waals surface area contributed by atoms with Gasteiger partial charge in [-0.3, -0.25) is 0 Å². The molecule has 0 radical (unpaired) electrons. The van der Waals surface area contributed by atoms with E-state index in [1.165, 1.54) is 0 Å². The van der Waals surface area contributed by atoms with Gasteiger partial charge in [-0.15, -0.1) is 0 Å². The Labute approximate surface area is 78.2 Å². The molecule has 2 heteroatoms. The summed E-state index contributed by atoms with van der Waals surface area (Å²) in [6, 6.07) is 1.83. The molecule has 1 aromatic carbocycles. The van der Waals surface area contributed by atoms with Gasteiger partial charge in [0.25, 0.3) is 0 Å². The third-order valence-electron chi connectivity index (χ3n) is 2.73. The highest BCUT2D eigenvalue weighted by molar-refractivity contribution is 5.52. The molecule has 1 N–H and O–H groups in total. The van der Waals surface area contributed by atoms with Crippen molar-refractivity contribution in [1.82, 2.24) is 0 Å². The van der Waals surface area contributed by atoms with Gasteiger partial charge in [-0.2, -0.15) is 0 Å². The van der Waals surface area contributed by atoms with Crippen molar-refractivity contribution in [3.05, 3.63) is 22.8 Å². The van der Waals surface area contributed by atoms with Crippen molar-refractivity contribution >= 4 is 0 Å². The van der Waals surface area contributed by atoms with Gasteiger partial charge in [-0.25, -0.2) is 0 Å². The second-order valence-corrected chi connectivity index (χ2v) is 3.59. The highest BCUT2D eigenvalue weighted by Crippen LogP contribution is 2.35. The van der Waals surface area contributed by atoms with Gasteiger partial charge in [0.15, 0.2) is 0 Å². The number of hydrogen-bond donors (Lipinski definition) is 1. The molecule has 2 rings (SSSR count). The zero-order valence-corrected chi connectivity index (χ0v) is 8.05. The van der Waals surface area contributed by atoms with Crippen LogP contribution in [0.15, 0.2) is 6.07 Å². The molecule has 0 unspecified atom stereocenters. The minimum Gasteiger partial charge on any atom is -0.508 e. The van der Waals surface area contributed by atoms with Crippen LogP contribution in [0.25, 0.3) is 0 Å². The van der Waals surface area contributed by atoms with E-state index in [1.54, 1.807) is 0 Å². The molecule has 0 aromatic heterocycles. The molecule has 0 spiro atoms. The standard InChI is InChI=1S/C11H14O2/c1-7-8(2)11-9(6-10(7)12)4-3-5-13-11/h6,12H,3-5H2,1-2H3. The third kappa shape index (κ3) is 1.26. The van der Waals surface area contributed by atoms with E-state index < -0.39 is 0 Å². The smallest absolute Gasteiger partial charge is 0.125 e. The van der Waals surface area contributed by atoms with Gasteiger partial charge < -0.3 is 9.84 Å². The minimum absolute atomic E-state index is 0.391. The maximum Gasteiger partial charge on any atom is 0.125 e. The number of aryl methyl sites for hydroxylation is 1. The number of ether oxygens (including phenoxy) is 1. The largest absolute Gasteiger partial charge is 0.508 e. The molecule has 1 heterocycles. The van der Waals surface area contributed by atoms with Crippen LogP contribution in [0.5, 0.6) is 11.5 Å². The first-order valence-corrected chi connectivity index (χ1v) is 4.65. The van der Waals surface area contributed by atoms with E-state index in [0.717, 1.165) is 41.9 Å². The van der Waals surface area contributed by atoms with Crippen molar-refractivity contribution in [3.8, 4) is 11.5 Å². The summed E-state index contributed by atoms with van der Waals surface area (Å²) >= 11 is 0. The van der Waals surface area contributed by atoms with Gasteiger partial charge in [0, 0.05) is 0 Å². The Morgan fingerprint density at radius 3 is 2.85 bits per heavy atom. The first-order chi connectivity index (χ1) is 6.20. The fourth-order valence-corrected chi connectivity index (χ4v) is 1.77. The molecule has 0 aliphatic carbocycles. The lowest BCUT2D eigenvalue weighted by Gasteiger charge is -2.21. The maximum absolute atomic E-state index is 9.60. The van der Waals surface area contributed by atoms with Crippen LogP contribution in [0, 0.1) is 13.8 Å². The topological polar surface area (TPSA) is 29.5 Å². The second-order valence-electron chi connectivity index (χ2n) is 3.59. The third-order valence-corrected chi connectivity index (χ3v) is 2.73. The van der Waals surface area contributed by atoms with Crippen LogP contribution >= 0.6 is 0 Å². The predicted molar refractivity (Wildman–Crippen MR) is 51.4 cm³/mol. The van der Waals surface area contributed by atoms with E-state index in [4.69, 9.17) is 4.74 Å². The summed E-state index contributed by atoms with van der Waals surface area (Å²) < 4.78 is 5.58. The molecular formula is C11H14O2. The Morgan fingerprint density at radius 1 is 1.31 bits per heavy atom. The molecule has 0 saturated heterocycles. The molecule has 0 bridgehead atoms. The number of aromatic hydroxyl groups is 1. The fraction of sp³-hybridized carbons (Fsp3) is 0.455. The number of hydrogen-bond acceptors (Lipinski definition) is 2. The van der Waals surface area contributed by atoms with Crippen LogP contribution in [0.3, 0.4) is 0 Å². The Kier molecular flexibility index (Phi) is 1.91. The van der Waals surface area contributed by atoms with Crippen LogP contribution in [-0.2, 0) is 6.42 Å². The number of phenolic OH excluding ortho intramolecular Hbond substituents is 1. The summed E-state index contributed by atoms with van der Waals surface area (Å²) in [6.07, 6.45) is 2.07. The minimum atomic E-state index is 0.391. The van der Waals surface area contributed by atoms with Crippen molar-refractivity contribution in [3.63, 3.8) is 0 Å².